The first kappa shape index (κ1) is 20.7. The monoisotopic (exact) mass is 434 g/mol. The van der Waals surface area contributed by atoms with E-state index in [1.54, 1.807) is 48.5 Å². The molecule has 0 bridgehead atoms. The number of anilines is 2. The summed E-state index contributed by atoms with van der Waals surface area (Å²) in [4.78, 5) is 4.51. The molecule has 4 rings (SSSR count). The van der Waals surface area contributed by atoms with Gasteiger partial charge < -0.3 is 14.5 Å². The molecule has 0 saturated heterocycles. The lowest BCUT2D eigenvalue weighted by Gasteiger charge is -2.08. The number of benzene rings is 3. The van der Waals surface area contributed by atoms with E-state index in [1.807, 2.05) is 44.2 Å². The van der Waals surface area contributed by atoms with E-state index in [4.69, 9.17) is 9.15 Å². The van der Waals surface area contributed by atoms with Crippen molar-refractivity contribution in [3.05, 3.63) is 84.4 Å². The maximum Gasteiger partial charge on any atom is 0.238 e. The van der Waals surface area contributed by atoms with E-state index in [9.17, 15) is 8.42 Å². The Hall–Kier alpha value is -3.58. The van der Waals surface area contributed by atoms with Crippen LogP contribution in [0, 0.1) is 6.92 Å². The highest BCUT2D eigenvalue weighted by atomic mass is 32.2. The third-order valence-corrected chi connectivity index (χ3v) is 6.30. The quantitative estimate of drug-likeness (QED) is 0.406. The maximum atomic E-state index is 13.4. The summed E-state index contributed by atoms with van der Waals surface area (Å²) in [6, 6.07) is 23.0. The molecule has 0 unspecified atom stereocenters. The summed E-state index contributed by atoms with van der Waals surface area (Å²) >= 11 is 0. The van der Waals surface area contributed by atoms with Crippen LogP contribution in [0.1, 0.15) is 12.5 Å². The second-order valence-corrected chi connectivity index (χ2v) is 8.78. The van der Waals surface area contributed by atoms with Crippen molar-refractivity contribution in [3.8, 4) is 17.2 Å². The molecule has 0 aliphatic heterocycles. The lowest BCUT2D eigenvalue weighted by atomic mass is 10.2. The van der Waals surface area contributed by atoms with Crippen molar-refractivity contribution in [1.29, 1.82) is 0 Å². The van der Waals surface area contributed by atoms with Crippen molar-refractivity contribution in [2.75, 3.05) is 11.9 Å². The van der Waals surface area contributed by atoms with E-state index >= 15 is 0 Å². The van der Waals surface area contributed by atoms with Gasteiger partial charge in [-0.2, -0.15) is 4.98 Å². The zero-order valence-electron chi connectivity index (χ0n) is 17.2. The normalized spacial score (nSPS) is 11.3. The fourth-order valence-electron chi connectivity index (χ4n) is 3.03. The van der Waals surface area contributed by atoms with Gasteiger partial charge in [0.05, 0.1) is 11.5 Å². The first-order chi connectivity index (χ1) is 15.0. The molecule has 3 aromatic carbocycles. The van der Waals surface area contributed by atoms with Gasteiger partial charge in [-0.15, -0.1) is 0 Å². The zero-order chi connectivity index (χ0) is 21.8. The molecule has 31 heavy (non-hydrogen) atoms. The first-order valence-electron chi connectivity index (χ1n) is 9.85. The number of aryl methyl sites for hydroxylation is 1. The molecule has 0 amide bonds. The Morgan fingerprint density at radius 1 is 0.935 bits per heavy atom. The van der Waals surface area contributed by atoms with Gasteiger partial charge in [-0.3, -0.25) is 0 Å². The van der Waals surface area contributed by atoms with Crippen molar-refractivity contribution in [1.82, 2.24) is 4.98 Å². The van der Waals surface area contributed by atoms with Crippen LogP contribution in [-0.4, -0.2) is 20.0 Å². The fraction of sp³-hybridized carbons (Fsp3) is 0.125. The summed E-state index contributed by atoms with van der Waals surface area (Å²) in [6.45, 7) is 4.38. The molecule has 1 aromatic heterocycles. The molecule has 0 radical (unpaired) electrons. The van der Waals surface area contributed by atoms with E-state index in [0.29, 0.717) is 17.9 Å². The van der Waals surface area contributed by atoms with Crippen molar-refractivity contribution < 1.29 is 17.6 Å². The fourth-order valence-corrected chi connectivity index (χ4v) is 4.29. The van der Waals surface area contributed by atoms with E-state index in [1.165, 1.54) is 0 Å². The topological polar surface area (TPSA) is 81.4 Å². The minimum Gasteiger partial charge on any atom is -0.494 e. The minimum atomic E-state index is -3.90. The zero-order valence-corrected chi connectivity index (χ0v) is 18.0. The molecule has 0 atom stereocenters. The number of aromatic nitrogens is 1. The first-order valence-corrected chi connectivity index (χ1v) is 11.3. The van der Waals surface area contributed by atoms with Gasteiger partial charge in [0, 0.05) is 11.3 Å². The van der Waals surface area contributed by atoms with Crippen molar-refractivity contribution >= 4 is 21.4 Å². The highest BCUT2D eigenvalue weighted by molar-refractivity contribution is 7.91. The lowest BCUT2D eigenvalue weighted by molar-refractivity contribution is 0.340. The van der Waals surface area contributed by atoms with Gasteiger partial charge in [0.1, 0.15) is 5.75 Å². The SMILES string of the molecule is CCOc1ccc(Nc2oc(-c3ccccc3)nc2S(=O)(=O)c2ccc(C)cc2)cc1. The number of hydrogen-bond acceptors (Lipinski definition) is 6. The van der Waals surface area contributed by atoms with Crippen LogP contribution in [0.2, 0.25) is 0 Å². The molecule has 4 aromatic rings. The molecule has 0 aliphatic carbocycles. The molecule has 0 aliphatic rings. The van der Waals surface area contributed by atoms with Crippen LogP contribution in [-0.2, 0) is 9.84 Å². The molecule has 6 nitrogen and oxygen atoms in total. The standard InChI is InChI=1S/C24H22N2O4S/c1-3-29-20-13-11-19(12-14-20)25-23-24(26-22(30-23)18-7-5-4-6-8-18)31(27,28)21-15-9-17(2)10-16-21/h4-16,25H,3H2,1-2H3. The second-order valence-electron chi connectivity index (χ2n) is 6.92. The molecular formula is C24H22N2O4S. The van der Waals surface area contributed by atoms with Gasteiger partial charge in [-0.05, 0) is 62.4 Å². The predicted octanol–water partition coefficient (Wildman–Crippen LogP) is 5.63. The number of sulfone groups is 1. The maximum absolute atomic E-state index is 13.4. The Bertz CT molecular complexity index is 1260. The van der Waals surface area contributed by atoms with Gasteiger partial charge >= 0.3 is 0 Å². The highest BCUT2D eigenvalue weighted by Gasteiger charge is 2.28. The Labute approximate surface area is 181 Å². The van der Waals surface area contributed by atoms with Crippen LogP contribution >= 0.6 is 0 Å². The van der Waals surface area contributed by atoms with Crippen LogP contribution in [0.15, 0.2) is 93.2 Å². The van der Waals surface area contributed by atoms with E-state index in [0.717, 1.165) is 11.3 Å². The Balaban J connectivity index is 1.77. The second kappa shape index (κ2) is 8.65. The Morgan fingerprint density at radius 3 is 2.26 bits per heavy atom. The summed E-state index contributed by atoms with van der Waals surface area (Å²) < 4.78 is 38.1. The van der Waals surface area contributed by atoms with Crippen molar-refractivity contribution in [2.45, 2.75) is 23.8 Å². The summed E-state index contributed by atoms with van der Waals surface area (Å²) in [5.41, 5.74) is 2.30. The van der Waals surface area contributed by atoms with Crippen LogP contribution in [0.3, 0.4) is 0 Å². The van der Waals surface area contributed by atoms with Crippen LogP contribution in [0.4, 0.5) is 11.6 Å². The number of rotatable bonds is 7. The highest BCUT2D eigenvalue weighted by Crippen LogP contribution is 2.34. The predicted molar refractivity (Wildman–Crippen MR) is 119 cm³/mol. The Morgan fingerprint density at radius 2 is 1.61 bits per heavy atom. The summed E-state index contributed by atoms with van der Waals surface area (Å²) in [7, 11) is -3.90. The smallest absolute Gasteiger partial charge is 0.238 e. The van der Waals surface area contributed by atoms with Gasteiger partial charge in [-0.25, -0.2) is 8.42 Å². The van der Waals surface area contributed by atoms with Gasteiger partial charge in [0.25, 0.3) is 0 Å². The van der Waals surface area contributed by atoms with E-state index < -0.39 is 9.84 Å². The van der Waals surface area contributed by atoms with Gasteiger partial charge in [0.2, 0.25) is 26.6 Å². The van der Waals surface area contributed by atoms with Crippen LogP contribution in [0.5, 0.6) is 5.75 Å². The van der Waals surface area contributed by atoms with Gasteiger partial charge in [0.15, 0.2) is 0 Å². The molecule has 7 heteroatoms. The number of oxazole rings is 1. The number of hydrogen-bond donors (Lipinski definition) is 1. The third kappa shape index (κ3) is 4.46. The molecule has 0 fully saturated rings. The lowest BCUT2D eigenvalue weighted by Crippen LogP contribution is -2.05. The number of nitrogens with one attached hydrogen (secondary N) is 1. The summed E-state index contributed by atoms with van der Waals surface area (Å²) in [5.74, 6) is 1.01. The third-order valence-electron chi connectivity index (χ3n) is 4.63. The number of nitrogens with zero attached hydrogens (tertiary/aromatic N) is 1. The van der Waals surface area contributed by atoms with Gasteiger partial charge in [-0.1, -0.05) is 35.9 Å². The van der Waals surface area contributed by atoms with Crippen LogP contribution < -0.4 is 10.1 Å². The minimum absolute atomic E-state index is 0.0589. The molecule has 0 spiro atoms. The van der Waals surface area contributed by atoms with E-state index in [-0.39, 0.29) is 21.7 Å². The molecule has 158 valence electrons. The average molecular weight is 435 g/mol. The molecule has 1 N–H and O–H groups in total. The molecule has 1 heterocycles. The largest absolute Gasteiger partial charge is 0.494 e. The van der Waals surface area contributed by atoms with Crippen LogP contribution in [0.25, 0.3) is 11.5 Å². The molecular weight excluding hydrogens is 412 g/mol. The number of ether oxygens (including phenoxy) is 1. The summed E-state index contributed by atoms with van der Waals surface area (Å²) in [5, 5.41) is 2.89. The van der Waals surface area contributed by atoms with E-state index in [2.05, 4.69) is 10.3 Å². The average Bonchev–Trinajstić information content (AvgIpc) is 3.21. The molecule has 0 saturated carbocycles. The van der Waals surface area contributed by atoms with Crippen molar-refractivity contribution in [3.63, 3.8) is 0 Å². The van der Waals surface area contributed by atoms with Crippen molar-refractivity contribution in [2.24, 2.45) is 0 Å². The Kier molecular flexibility index (Phi) is 5.77. The summed E-state index contributed by atoms with van der Waals surface area (Å²) in [6.07, 6.45) is 0.